The number of rotatable bonds is 6. The molecule has 0 aliphatic rings. The van der Waals surface area contributed by atoms with Crippen LogP contribution in [0.4, 0.5) is 0 Å². The van der Waals surface area contributed by atoms with E-state index in [1.54, 1.807) is 6.92 Å². The Morgan fingerprint density at radius 2 is 1.94 bits per heavy atom. The van der Waals surface area contributed by atoms with Crippen molar-refractivity contribution in [1.82, 2.24) is 0 Å². The first kappa shape index (κ1) is 13.8. The Morgan fingerprint density at radius 3 is 2.47 bits per heavy atom. The van der Waals surface area contributed by atoms with Gasteiger partial charge in [-0.05, 0) is 36.3 Å². The highest BCUT2D eigenvalue weighted by Crippen LogP contribution is 2.24. The Balaban J connectivity index is 2.82. The molecule has 0 bridgehead atoms. The van der Waals surface area contributed by atoms with Crippen molar-refractivity contribution in [2.24, 2.45) is 5.92 Å². The summed E-state index contributed by atoms with van der Waals surface area (Å²) in [7, 11) is 0. The molecule has 1 N–H and O–H groups in total. The summed E-state index contributed by atoms with van der Waals surface area (Å²) in [5.74, 6) is -0.444. The molecular formula is C15H22O2. The largest absolute Gasteiger partial charge is 0.481 e. The summed E-state index contributed by atoms with van der Waals surface area (Å²) in [6.07, 6.45) is 2.88. The molecule has 2 nitrogen and oxygen atoms in total. The maximum absolute atomic E-state index is 10.8. The summed E-state index contributed by atoms with van der Waals surface area (Å²) >= 11 is 0. The first-order valence-corrected chi connectivity index (χ1v) is 6.40. The van der Waals surface area contributed by atoms with Crippen LogP contribution in [0.1, 0.15) is 50.7 Å². The molecule has 1 unspecified atom stereocenters. The minimum atomic E-state index is -0.724. The van der Waals surface area contributed by atoms with Gasteiger partial charge in [0.05, 0.1) is 5.92 Å². The maximum atomic E-state index is 10.8. The molecule has 0 heterocycles. The van der Waals surface area contributed by atoms with E-state index < -0.39 is 5.97 Å². The lowest BCUT2D eigenvalue weighted by Gasteiger charge is -2.14. The fraction of sp³-hybridized carbons (Fsp3) is 0.533. The first-order valence-electron chi connectivity index (χ1n) is 6.40. The molecule has 17 heavy (non-hydrogen) atoms. The fourth-order valence-corrected chi connectivity index (χ4v) is 2.17. The molecule has 1 aromatic carbocycles. The van der Waals surface area contributed by atoms with Crippen molar-refractivity contribution in [3.8, 4) is 0 Å². The van der Waals surface area contributed by atoms with Crippen molar-refractivity contribution < 1.29 is 9.90 Å². The van der Waals surface area contributed by atoms with Crippen LogP contribution >= 0.6 is 0 Å². The third kappa shape index (κ3) is 3.88. The fourth-order valence-electron chi connectivity index (χ4n) is 2.17. The highest BCUT2D eigenvalue weighted by Gasteiger charge is 2.13. The van der Waals surface area contributed by atoms with Crippen LogP contribution in [0.2, 0.25) is 0 Å². The van der Waals surface area contributed by atoms with Crippen LogP contribution in [-0.2, 0) is 11.2 Å². The van der Waals surface area contributed by atoms with Crippen LogP contribution in [-0.4, -0.2) is 11.1 Å². The van der Waals surface area contributed by atoms with Crippen molar-refractivity contribution in [3.05, 3.63) is 35.4 Å². The van der Waals surface area contributed by atoms with Crippen LogP contribution in [0.5, 0.6) is 0 Å². The second-order valence-electron chi connectivity index (χ2n) is 4.70. The first-order chi connectivity index (χ1) is 8.08. The molecule has 0 saturated heterocycles. The Morgan fingerprint density at radius 1 is 1.29 bits per heavy atom. The SMILES string of the molecule is CCC(CC)c1cccc(CC(C)C(=O)O)c1. The molecule has 0 aliphatic heterocycles. The van der Waals surface area contributed by atoms with Crippen LogP contribution in [0, 0.1) is 5.92 Å². The molecule has 0 amide bonds. The van der Waals surface area contributed by atoms with Gasteiger partial charge in [-0.2, -0.15) is 0 Å². The minimum Gasteiger partial charge on any atom is -0.481 e. The summed E-state index contributed by atoms with van der Waals surface area (Å²) in [5.41, 5.74) is 2.47. The summed E-state index contributed by atoms with van der Waals surface area (Å²) in [4.78, 5) is 10.8. The zero-order valence-corrected chi connectivity index (χ0v) is 10.9. The van der Waals surface area contributed by atoms with Gasteiger partial charge in [0.15, 0.2) is 0 Å². The molecule has 1 aromatic rings. The molecule has 0 fully saturated rings. The third-order valence-electron chi connectivity index (χ3n) is 3.37. The lowest BCUT2D eigenvalue weighted by Crippen LogP contribution is -2.12. The third-order valence-corrected chi connectivity index (χ3v) is 3.37. The number of aliphatic carboxylic acids is 1. The van der Waals surface area contributed by atoms with E-state index in [0.29, 0.717) is 12.3 Å². The van der Waals surface area contributed by atoms with Gasteiger partial charge in [0.1, 0.15) is 0 Å². The number of benzene rings is 1. The Hall–Kier alpha value is -1.31. The predicted molar refractivity (Wildman–Crippen MR) is 70.3 cm³/mol. The molecule has 0 spiro atoms. The van der Waals surface area contributed by atoms with E-state index in [1.165, 1.54) is 5.56 Å². The number of carboxylic acids is 1. The number of hydrogen-bond donors (Lipinski definition) is 1. The van der Waals surface area contributed by atoms with E-state index in [1.807, 2.05) is 12.1 Å². The smallest absolute Gasteiger partial charge is 0.306 e. The lowest BCUT2D eigenvalue weighted by molar-refractivity contribution is -0.141. The molecular weight excluding hydrogens is 212 g/mol. The van der Waals surface area contributed by atoms with E-state index in [-0.39, 0.29) is 5.92 Å². The van der Waals surface area contributed by atoms with Crippen LogP contribution in [0.3, 0.4) is 0 Å². The van der Waals surface area contributed by atoms with E-state index in [2.05, 4.69) is 26.0 Å². The van der Waals surface area contributed by atoms with Crippen molar-refractivity contribution >= 4 is 5.97 Å². The minimum absolute atomic E-state index is 0.313. The Bertz CT molecular complexity index is 367. The van der Waals surface area contributed by atoms with Gasteiger partial charge in [-0.15, -0.1) is 0 Å². The maximum Gasteiger partial charge on any atom is 0.306 e. The Kier molecular flexibility index (Phi) is 5.20. The van der Waals surface area contributed by atoms with Crippen LogP contribution in [0.25, 0.3) is 0 Å². The molecule has 2 heteroatoms. The van der Waals surface area contributed by atoms with Gasteiger partial charge in [-0.25, -0.2) is 0 Å². The Labute approximate surface area is 104 Å². The molecule has 0 aromatic heterocycles. The molecule has 0 radical (unpaired) electrons. The lowest BCUT2D eigenvalue weighted by atomic mass is 9.91. The predicted octanol–water partition coefficient (Wildman–Crippen LogP) is 3.85. The number of hydrogen-bond acceptors (Lipinski definition) is 1. The van der Waals surface area contributed by atoms with E-state index in [9.17, 15) is 4.79 Å². The van der Waals surface area contributed by atoms with E-state index >= 15 is 0 Å². The van der Waals surface area contributed by atoms with E-state index in [0.717, 1.165) is 18.4 Å². The summed E-state index contributed by atoms with van der Waals surface area (Å²) in [6.45, 7) is 6.15. The van der Waals surface area contributed by atoms with Gasteiger partial charge in [0.25, 0.3) is 0 Å². The van der Waals surface area contributed by atoms with Gasteiger partial charge in [0, 0.05) is 0 Å². The molecule has 94 valence electrons. The van der Waals surface area contributed by atoms with Gasteiger partial charge in [0.2, 0.25) is 0 Å². The van der Waals surface area contributed by atoms with Crippen molar-refractivity contribution in [3.63, 3.8) is 0 Å². The highest BCUT2D eigenvalue weighted by molar-refractivity contribution is 5.69. The summed E-state index contributed by atoms with van der Waals surface area (Å²) in [5, 5.41) is 8.91. The zero-order chi connectivity index (χ0) is 12.8. The second kappa shape index (κ2) is 6.43. The van der Waals surface area contributed by atoms with Crippen molar-refractivity contribution in [2.75, 3.05) is 0 Å². The topological polar surface area (TPSA) is 37.3 Å². The van der Waals surface area contributed by atoms with Gasteiger partial charge in [-0.1, -0.05) is 45.0 Å². The number of carbonyl (C=O) groups is 1. The average Bonchev–Trinajstić information content (AvgIpc) is 2.31. The zero-order valence-electron chi connectivity index (χ0n) is 10.9. The quantitative estimate of drug-likeness (QED) is 0.811. The normalized spacial score (nSPS) is 12.7. The van der Waals surface area contributed by atoms with E-state index in [4.69, 9.17) is 5.11 Å². The summed E-state index contributed by atoms with van der Waals surface area (Å²) < 4.78 is 0. The van der Waals surface area contributed by atoms with Gasteiger partial charge >= 0.3 is 5.97 Å². The second-order valence-corrected chi connectivity index (χ2v) is 4.70. The molecule has 1 atom stereocenters. The molecule has 0 aliphatic carbocycles. The van der Waals surface area contributed by atoms with Gasteiger partial charge in [-0.3, -0.25) is 4.79 Å². The number of carboxylic acid groups (broad SMARTS) is 1. The van der Waals surface area contributed by atoms with Crippen LogP contribution in [0.15, 0.2) is 24.3 Å². The van der Waals surface area contributed by atoms with Crippen molar-refractivity contribution in [1.29, 1.82) is 0 Å². The van der Waals surface area contributed by atoms with Crippen LogP contribution < -0.4 is 0 Å². The summed E-state index contributed by atoms with van der Waals surface area (Å²) in [6, 6.07) is 8.37. The standard InChI is InChI=1S/C15H22O2/c1-4-13(5-2)14-8-6-7-12(10-14)9-11(3)15(16)17/h6-8,10-11,13H,4-5,9H2,1-3H3,(H,16,17). The van der Waals surface area contributed by atoms with Crippen molar-refractivity contribution in [2.45, 2.75) is 46.0 Å². The average molecular weight is 234 g/mol. The molecule has 0 saturated carbocycles. The van der Waals surface area contributed by atoms with Gasteiger partial charge < -0.3 is 5.11 Å². The molecule has 1 rings (SSSR count). The highest BCUT2D eigenvalue weighted by atomic mass is 16.4. The monoisotopic (exact) mass is 234 g/mol.